The lowest BCUT2D eigenvalue weighted by atomic mass is 10.0. The van der Waals surface area contributed by atoms with Crippen molar-refractivity contribution < 1.29 is 9.47 Å². The zero-order chi connectivity index (χ0) is 16.1. The summed E-state index contributed by atoms with van der Waals surface area (Å²) in [5.74, 6) is 1.77. The highest BCUT2D eigenvalue weighted by atomic mass is 16.5. The second-order valence-electron chi connectivity index (χ2n) is 5.33. The molecule has 116 valence electrons. The van der Waals surface area contributed by atoms with Crippen LogP contribution in [0, 0.1) is 0 Å². The van der Waals surface area contributed by atoms with Crippen LogP contribution in [0.1, 0.15) is 6.92 Å². The maximum absolute atomic E-state index is 5.69. The van der Waals surface area contributed by atoms with Crippen molar-refractivity contribution in [3.8, 4) is 22.6 Å². The molecule has 3 aromatic rings. The molecule has 0 saturated heterocycles. The molecule has 0 aromatic heterocycles. The van der Waals surface area contributed by atoms with Crippen LogP contribution in [-0.2, 0) is 0 Å². The standard InChI is InChI=1S/C21H20O2/c1-3-4-13-23-21-12-9-18-14-17(5-6-19(18)15-21)16-7-10-20(22-2)11-8-16/h3-12,14-15H,13H2,1-2H3. The van der Waals surface area contributed by atoms with Gasteiger partial charge in [-0.05, 0) is 59.2 Å². The van der Waals surface area contributed by atoms with Crippen molar-refractivity contribution in [1.82, 2.24) is 0 Å². The van der Waals surface area contributed by atoms with Crippen LogP contribution in [0.3, 0.4) is 0 Å². The highest BCUT2D eigenvalue weighted by molar-refractivity contribution is 5.88. The fraction of sp³-hybridized carbons (Fsp3) is 0.143. The van der Waals surface area contributed by atoms with Gasteiger partial charge in [0, 0.05) is 0 Å². The first kappa shape index (κ1) is 15.2. The molecular weight excluding hydrogens is 284 g/mol. The van der Waals surface area contributed by atoms with E-state index < -0.39 is 0 Å². The zero-order valence-corrected chi connectivity index (χ0v) is 13.5. The quantitative estimate of drug-likeness (QED) is 0.582. The average molecular weight is 304 g/mol. The van der Waals surface area contributed by atoms with Crippen LogP contribution in [0.25, 0.3) is 21.9 Å². The number of hydrogen-bond donors (Lipinski definition) is 0. The number of allylic oxidation sites excluding steroid dienone is 1. The van der Waals surface area contributed by atoms with E-state index >= 15 is 0 Å². The van der Waals surface area contributed by atoms with Crippen molar-refractivity contribution >= 4 is 10.8 Å². The summed E-state index contributed by atoms with van der Waals surface area (Å²) in [7, 11) is 1.68. The van der Waals surface area contributed by atoms with E-state index in [-0.39, 0.29) is 0 Å². The van der Waals surface area contributed by atoms with E-state index in [0.717, 1.165) is 11.5 Å². The topological polar surface area (TPSA) is 18.5 Å². The molecule has 0 N–H and O–H groups in total. The minimum absolute atomic E-state index is 0.603. The van der Waals surface area contributed by atoms with Crippen LogP contribution in [0.4, 0.5) is 0 Å². The third kappa shape index (κ3) is 3.54. The molecule has 2 nitrogen and oxygen atoms in total. The second-order valence-corrected chi connectivity index (χ2v) is 5.33. The van der Waals surface area contributed by atoms with Crippen molar-refractivity contribution in [3.63, 3.8) is 0 Å². The Morgan fingerprint density at radius 3 is 2.17 bits per heavy atom. The van der Waals surface area contributed by atoms with Crippen molar-refractivity contribution in [3.05, 3.63) is 72.8 Å². The van der Waals surface area contributed by atoms with Crippen LogP contribution in [0.2, 0.25) is 0 Å². The number of methoxy groups -OCH3 is 1. The summed E-state index contributed by atoms with van der Waals surface area (Å²) in [5, 5.41) is 2.39. The molecule has 0 atom stereocenters. The van der Waals surface area contributed by atoms with Crippen LogP contribution in [0.5, 0.6) is 11.5 Å². The first-order chi connectivity index (χ1) is 11.3. The molecule has 23 heavy (non-hydrogen) atoms. The Morgan fingerprint density at radius 1 is 0.783 bits per heavy atom. The first-order valence-corrected chi connectivity index (χ1v) is 7.72. The van der Waals surface area contributed by atoms with Gasteiger partial charge in [0.25, 0.3) is 0 Å². The van der Waals surface area contributed by atoms with Gasteiger partial charge < -0.3 is 9.47 Å². The monoisotopic (exact) mass is 304 g/mol. The average Bonchev–Trinajstić information content (AvgIpc) is 2.61. The molecule has 0 aliphatic rings. The third-order valence-corrected chi connectivity index (χ3v) is 3.82. The molecule has 0 saturated carbocycles. The predicted octanol–water partition coefficient (Wildman–Crippen LogP) is 5.47. The maximum atomic E-state index is 5.69. The lowest BCUT2D eigenvalue weighted by Crippen LogP contribution is -1.92. The van der Waals surface area contributed by atoms with Gasteiger partial charge in [-0.15, -0.1) is 0 Å². The van der Waals surface area contributed by atoms with E-state index in [1.807, 2.05) is 37.3 Å². The number of hydrogen-bond acceptors (Lipinski definition) is 2. The molecule has 2 heteroatoms. The van der Waals surface area contributed by atoms with Gasteiger partial charge in [-0.25, -0.2) is 0 Å². The molecule has 3 rings (SSSR count). The van der Waals surface area contributed by atoms with Crippen LogP contribution in [-0.4, -0.2) is 13.7 Å². The number of ether oxygens (including phenoxy) is 2. The minimum Gasteiger partial charge on any atom is -0.497 e. The van der Waals surface area contributed by atoms with E-state index in [2.05, 4.69) is 42.5 Å². The molecule has 0 aliphatic carbocycles. The van der Waals surface area contributed by atoms with Gasteiger partial charge in [-0.3, -0.25) is 0 Å². The molecule has 0 radical (unpaired) electrons. The molecule has 3 aromatic carbocycles. The summed E-state index contributed by atoms with van der Waals surface area (Å²) in [5.41, 5.74) is 2.38. The van der Waals surface area contributed by atoms with E-state index in [1.54, 1.807) is 7.11 Å². The molecule has 0 unspecified atom stereocenters. The molecule has 0 aliphatic heterocycles. The van der Waals surface area contributed by atoms with E-state index in [4.69, 9.17) is 9.47 Å². The Balaban J connectivity index is 1.88. The van der Waals surface area contributed by atoms with Gasteiger partial charge in [0.2, 0.25) is 0 Å². The lowest BCUT2D eigenvalue weighted by Gasteiger charge is -2.08. The van der Waals surface area contributed by atoms with Gasteiger partial charge in [0.1, 0.15) is 18.1 Å². The van der Waals surface area contributed by atoms with Gasteiger partial charge in [-0.1, -0.05) is 42.5 Å². The Hall–Kier alpha value is -2.74. The van der Waals surface area contributed by atoms with Gasteiger partial charge in [-0.2, -0.15) is 0 Å². The maximum Gasteiger partial charge on any atom is 0.120 e. The summed E-state index contributed by atoms with van der Waals surface area (Å²) in [6.45, 7) is 2.59. The van der Waals surface area contributed by atoms with E-state index in [1.165, 1.54) is 21.9 Å². The van der Waals surface area contributed by atoms with Gasteiger partial charge >= 0.3 is 0 Å². The van der Waals surface area contributed by atoms with Gasteiger partial charge in [0.05, 0.1) is 7.11 Å². The first-order valence-electron chi connectivity index (χ1n) is 7.72. The zero-order valence-electron chi connectivity index (χ0n) is 13.5. The van der Waals surface area contributed by atoms with E-state index in [9.17, 15) is 0 Å². The molecular formula is C21H20O2. The summed E-state index contributed by atoms with van der Waals surface area (Å²) in [6, 6.07) is 20.8. The summed E-state index contributed by atoms with van der Waals surface area (Å²) in [4.78, 5) is 0. The largest absolute Gasteiger partial charge is 0.497 e. The van der Waals surface area contributed by atoms with E-state index in [0.29, 0.717) is 6.61 Å². The SMILES string of the molecule is CC=CCOc1ccc2cc(-c3ccc(OC)cc3)ccc2c1. The summed E-state index contributed by atoms with van der Waals surface area (Å²) < 4.78 is 10.9. The summed E-state index contributed by atoms with van der Waals surface area (Å²) >= 11 is 0. The normalized spacial score (nSPS) is 11.0. The Bertz CT molecular complexity index is 817. The molecule has 0 amide bonds. The Labute approximate surface area is 137 Å². The number of fused-ring (bicyclic) bond motifs is 1. The fourth-order valence-electron chi connectivity index (χ4n) is 2.52. The van der Waals surface area contributed by atoms with Crippen LogP contribution in [0.15, 0.2) is 72.8 Å². The van der Waals surface area contributed by atoms with Crippen molar-refractivity contribution in [2.24, 2.45) is 0 Å². The van der Waals surface area contributed by atoms with Crippen molar-refractivity contribution in [2.45, 2.75) is 6.92 Å². The smallest absolute Gasteiger partial charge is 0.120 e. The highest BCUT2D eigenvalue weighted by Crippen LogP contribution is 2.28. The lowest BCUT2D eigenvalue weighted by molar-refractivity contribution is 0.363. The second kappa shape index (κ2) is 7.01. The summed E-state index contributed by atoms with van der Waals surface area (Å²) in [6.07, 6.45) is 3.99. The minimum atomic E-state index is 0.603. The van der Waals surface area contributed by atoms with Crippen LogP contribution < -0.4 is 9.47 Å². The van der Waals surface area contributed by atoms with Crippen LogP contribution >= 0.6 is 0 Å². The molecule has 0 fully saturated rings. The fourth-order valence-corrected chi connectivity index (χ4v) is 2.52. The van der Waals surface area contributed by atoms with Gasteiger partial charge in [0.15, 0.2) is 0 Å². The van der Waals surface area contributed by atoms with Crippen molar-refractivity contribution in [2.75, 3.05) is 13.7 Å². The Morgan fingerprint density at radius 2 is 1.43 bits per heavy atom. The Kier molecular flexibility index (Phi) is 4.62. The highest BCUT2D eigenvalue weighted by Gasteiger charge is 2.02. The number of benzene rings is 3. The molecule has 0 bridgehead atoms. The van der Waals surface area contributed by atoms with Crippen molar-refractivity contribution in [1.29, 1.82) is 0 Å². The third-order valence-electron chi connectivity index (χ3n) is 3.82. The molecule has 0 heterocycles. The molecule has 0 spiro atoms. The predicted molar refractivity (Wildman–Crippen MR) is 96.2 cm³/mol. The number of rotatable bonds is 5.